The van der Waals surface area contributed by atoms with Crippen molar-refractivity contribution in [1.29, 1.82) is 0 Å². The zero-order valence-electron chi connectivity index (χ0n) is 15.3. The number of aryl methyl sites for hydroxylation is 2. The average molecular weight is 415 g/mol. The molecule has 2 rings (SSSR count). The SMILES string of the molecule is C=CCOc1c(Br)cc(/C=C/C(=O)c2ccc(C)c(C)c2)cc1OCC. The van der Waals surface area contributed by atoms with E-state index in [1.807, 2.05) is 51.1 Å². The highest BCUT2D eigenvalue weighted by molar-refractivity contribution is 9.10. The van der Waals surface area contributed by atoms with E-state index >= 15 is 0 Å². The average Bonchev–Trinajstić information content (AvgIpc) is 2.61. The number of rotatable bonds is 8. The first-order chi connectivity index (χ1) is 12.5. The Kier molecular flexibility index (Phi) is 7.22. The van der Waals surface area contributed by atoms with Gasteiger partial charge in [0.15, 0.2) is 17.3 Å². The van der Waals surface area contributed by atoms with Gasteiger partial charge in [-0.3, -0.25) is 4.79 Å². The van der Waals surface area contributed by atoms with Crippen LogP contribution in [0.25, 0.3) is 6.08 Å². The molecule has 0 radical (unpaired) electrons. The van der Waals surface area contributed by atoms with Gasteiger partial charge in [0.1, 0.15) is 6.61 Å². The summed E-state index contributed by atoms with van der Waals surface area (Å²) in [5.41, 5.74) is 3.81. The Bertz CT molecular complexity index is 838. The van der Waals surface area contributed by atoms with Crippen molar-refractivity contribution in [3.05, 3.63) is 75.8 Å². The van der Waals surface area contributed by atoms with E-state index in [2.05, 4.69) is 22.5 Å². The summed E-state index contributed by atoms with van der Waals surface area (Å²) in [6, 6.07) is 9.48. The lowest BCUT2D eigenvalue weighted by molar-refractivity contribution is 0.104. The van der Waals surface area contributed by atoms with Crippen LogP contribution in [-0.4, -0.2) is 19.0 Å². The predicted molar refractivity (Wildman–Crippen MR) is 110 cm³/mol. The number of ether oxygens (including phenoxy) is 2. The molecule has 26 heavy (non-hydrogen) atoms. The van der Waals surface area contributed by atoms with Crippen LogP contribution >= 0.6 is 15.9 Å². The molecule has 0 bridgehead atoms. The van der Waals surface area contributed by atoms with Gasteiger partial charge in [-0.05, 0) is 77.7 Å². The van der Waals surface area contributed by atoms with Crippen LogP contribution in [0.1, 0.15) is 34.0 Å². The molecule has 0 heterocycles. The van der Waals surface area contributed by atoms with E-state index in [-0.39, 0.29) is 5.78 Å². The number of ketones is 1. The molecular weight excluding hydrogens is 392 g/mol. The summed E-state index contributed by atoms with van der Waals surface area (Å²) >= 11 is 3.51. The van der Waals surface area contributed by atoms with Gasteiger partial charge in [-0.25, -0.2) is 0 Å². The molecule has 0 fully saturated rings. The molecule has 0 unspecified atom stereocenters. The maximum Gasteiger partial charge on any atom is 0.185 e. The minimum absolute atomic E-state index is 0.0332. The second-order valence-corrected chi connectivity index (χ2v) is 6.71. The Morgan fingerprint density at radius 1 is 1.15 bits per heavy atom. The molecule has 0 aliphatic carbocycles. The highest BCUT2D eigenvalue weighted by Gasteiger charge is 2.11. The van der Waals surface area contributed by atoms with Crippen LogP contribution in [0, 0.1) is 13.8 Å². The maximum atomic E-state index is 12.4. The molecule has 0 N–H and O–H groups in total. The molecule has 2 aromatic rings. The number of hydrogen-bond donors (Lipinski definition) is 0. The van der Waals surface area contributed by atoms with Gasteiger partial charge >= 0.3 is 0 Å². The first kappa shape index (κ1) is 20.0. The minimum Gasteiger partial charge on any atom is -0.490 e. The first-order valence-electron chi connectivity index (χ1n) is 8.46. The molecule has 0 amide bonds. The summed E-state index contributed by atoms with van der Waals surface area (Å²) in [5, 5.41) is 0. The van der Waals surface area contributed by atoms with Crippen LogP contribution in [0.15, 0.2) is 53.5 Å². The van der Waals surface area contributed by atoms with E-state index < -0.39 is 0 Å². The van der Waals surface area contributed by atoms with Gasteiger partial charge in [-0.2, -0.15) is 0 Å². The molecule has 3 nitrogen and oxygen atoms in total. The molecule has 136 valence electrons. The van der Waals surface area contributed by atoms with Crippen molar-refractivity contribution in [3.8, 4) is 11.5 Å². The first-order valence-corrected chi connectivity index (χ1v) is 9.25. The molecule has 0 saturated heterocycles. The van der Waals surface area contributed by atoms with Gasteiger partial charge in [-0.15, -0.1) is 0 Å². The van der Waals surface area contributed by atoms with Gasteiger partial charge in [-0.1, -0.05) is 30.9 Å². The molecule has 0 aliphatic rings. The highest BCUT2D eigenvalue weighted by atomic mass is 79.9. The Balaban J connectivity index is 2.27. The van der Waals surface area contributed by atoms with Crippen LogP contribution in [0.5, 0.6) is 11.5 Å². The van der Waals surface area contributed by atoms with E-state index in [0.717, 1.165) is 15.6 Å². The van der Waals surface area contributed by atoms with Gasteiger partial charge in [0, 0.05) is 5.56 Å². The van der Waals surface area contributed by atoms with Crippen molar-refractivity contribution in [2.45, 2.75) is 20.8 Å². The summed E-state index contributed by atoms with van der Waals surface area (Å²) in [5.74, 6) is 1.22. The molecule has 0 spiro atoms. The van der Waals surface area contributed by atoms with Gasteiger partial charge in [0.2, 0.25) is 0 Å². The van der Waals surface area contributed by atoms with E-state index in [4.69, 9.17) is 9.47 Å². The van der Waals surface area contributed by atoms with E-state index in [1.165, 1.54) is 5.56 Å². The zero-order valence-corrected chi connectivity index (χ0v) is 16.9. The monoisotopic (exact) mass is 414 g/mol. The topological polar surface area (TPSA) is 35.5 Å². The van der Waals surface area contributed by atoms with Crippen molar-refractivity contribution >= 4 is 27.8 Å². The summed E-state index contributed by atoms with van der Waals surface area (Å²) in [4.78, 5) is 12.4. The molecule has 0 atom stereocenters. The summed E-state index contributed by atoms with van der Waals surface area (Å²) in [6.07, 6.45) is 5.03. The van der Waals surface area contributed by atoms with Gasteiger partial charge in [0.05, 0.1) is 11.1 Å². The normalized spacial score (nSPS) is 10.8. The number of carbonyl (C=O) groups excluding carboxylic acids is 1. The van der Waals surface area contributed by atoms with Crippen molar-refractivity contribution in [3.63, 3.8) is 0 Å². The number of hydrogen-bond acceptors (Lipinski definition) is 3. The van der Waals surface area contributed by atoms with Crippen LogP contribution < -0.4 is 9.47 Å². The fourth-order valence-electron chi connectivity index (χ4n) is 2.39. The number of benzene rings is 2. The van der Waals surface area contributed by atoms with Crippen molar-refractivity contribution in [2.75, 3.05) is 13.2 Å². The fraction of sp³-hybridized carbons (Fsp3) is 0.227. The fourth-order valence-corrected chi connectivity index (χ4v) is 2.97. The standard InChI is InChI=1S/C22H23BrO3/c1-5-11-26-22-19(23)13-17(14-21(22)25-6-2)8-10-20(24)18-9-7-15(3)16(4)12-18/h5,7-10,12-14H,1,6,11H2,2-4H3/b10-8+. The quantitative estimate of drug-likeness (QED) is 0.305. The van der Waals surface area contributed by atoms with Crippen LogP contribution in [0.4, 0.5) is 0 Å². The third-order valence-electron chi connectivity index (χ3n) is 3.90. The molecular formula is C22H23BrO3. The Labute approximate surface area is 163 Å². The lowest BCUT2D eigenvalue weighted by atomic mass is 10.0. The lowest BCUT2D eigenvalue weighted by Crippen LogP contribution is -2.00. The van der Waals surface area contributed by atoms with Crippen LogP contribution in [0.2, 0.25) is 0 Å². The highest BCUT2D eigenvalue weighted by Crippen LogP contribution is 2.37. The molecule has 0 aromatic heterocycles. The van der Waals surface area contributed by atoms with Crippen LogP contribution in [0.3, 0.4) is 0 Å². The van der Waals surface area contributed by atoms with E-state index in [1.54, 1.807) is 18.2 Å². The van der Waals surface area contributed by atoms with Gasteiger partial charge in [0.25, 0.3) is 0 Å². The molecule has 2 aromatic carbocycles. The third-order valence-corrected chi connectivity index (χ3v) is 4.48. The summed E-state index contributed by atoms with van der Waals surface area (Å²) < 4.78 is 12.1. The van der Waals surface area contributed by atoms with Gasteiger partial charge < -0.3 is 9.47 Å². The van der Waals surface area contributed by atoms with Crippen molar-refractivity contribution < 1.29 is 14.3 Å². The zero-order chi connectivity index (χ0) is 19.1. The number of allylic oxidation sites excluding steroid dienone is 1. The predicted octanol–water partition coefficient (Wildman–Crippen LogP) is 5.93. The Morgan fingerprint density at radius 2 is 1.92 bits per heavy atom. The lowest BCUT2D eigenvalue weighted by Gasteiger charge is -2.13. The second-order valence-electron chi connectivity index (χ2n) is 5.86. The third kappa shape index (κ3) is 5.09. The Hall–Kier alpha value is -2.33. The summed E-state index contributed by atoms with van der Waals surface area (Å²) in [7, 11) is 0. The largest absolute Gasteiger partial charge is 0.490 e. The smallest absolute Gasteiger partial charge is 0.185 e. The number of carbonyl (C=O) groups is 1. The minimum atomic E-state index is -0.0332. The summed E-state index contributed by atoms with van der Waals surface area (Å²) in [6.45, 7) is 10.5. The maximum absolute atomic E-state index is 12.4. The molecule has 4 heteroatoms. The Morgan fingerprint density at radius 3 is 2.58 bits per heavy atom. The second kappa shape index (κ2) is 9.39. The number of halogens is 1. The van der Waals surface area contributed by atoms with Crippen molar-refractivity contribution in [2.24, 2.45) is 0 Å². The van der Waals surface area contributed by atoms with Crippen LogP contribution in [-0.2, 0) is 0 Å². The van der Waals surface area contributed by atoms with E-state index in [9.17, 15) is 4.79 Å². The van der Waals surface area contributed by atoms with Crippen molar-refractivity contribution in [1.82, 2.24) is 0 Å². The molecule has 0 saturated carbocycles. The molecule has 0 aliphatic heterocycles. The van der Waals surface area contributed by atoms with E-state index in [0.29, 0.717) is 30.3 Å².